The molecule has 1 aliphatic heterocycles. The second-order valence-corrected chi connectivity index (χ2v) is 10.4. The number of amides is 2. The Balaban J connectivity index is 0.000000228. The van der Waals surface area contributed by atoms with Crippen molar-refractivity contribution in [2.45, 2.75) is 81.6 Å². The van der Waals surface area contributed by atoms with E-state index in [-0.39, 0.29) is 6.42 Å². The molecule has 0 spiro atoms. The van der Waals surface area contributed by atoms with Gasteiger partial charge in [0.1, 0.15) is 12.0 Å². The van der Waals surface area contributed by atoms with Gasteiger partial charge in [0.25, 0.3) is 0 Å². The molecule has 13 nitrogen and oxygen atoms in total. The van der Waals surface area contributed by atoms with Gasteiger partial charge in [-0.15, -0.1) is 0 Å². The highest BCUT2D eigenvalue weighted by molar-refractivity contribution is 6.17. The fraction of sp³-hybridized carbons (Fsp3) is 0.727. The number of hydrogen-bond donors (Lipinski definition) is 5. The minimum atomic E-state index is -2.74. The van der Waals surface area contributed by atoms with Crippen molar-refractivity contribution in [3.05, 3.63) is 0 Å². The molecule has 0 aromatic rings. The van der Waals surface area contributed by atoms with Crippen molar-refractivity contribution < 1.29 is 53.9 Å². The number of carbonyl (C=O) groups excluding carboxylic acids is 3. The molecule has 35 heavy (non-hydrogen) atoms. The first-order chi connectivity index (χ1) is 16.1. The molecule has 0 aromatic heterocycles. The molecule has 4 aliphatic carbocycles. The predicted octanol–water partition coefficient (Wildman–Crippen LogP) is -0.316. The smallest absolute Gasteiger partial charge is 0.347 e. The summed E-state index contributed by atoms with van der Waals surface area (Å²) in [5, 5.41) is 33.8. The number of rotatable bonds is 8. The molecule has 194 valence electrons. The predicted molar refractivity (Wildman–Crippen MR) is 113 cm³/mol. The quantitative estimate of drug-likeness (QED) is 0.165. The van der Waals surface area contributed by atoms with Gasteiger partial charge >= 0.3 is 23.9 Å². The molecular weight excluding hydrogens is 468 g/mol. The molecule has 4 bridgehead atoms. The zero-order valence-electron chi connectivity index (χ0n) is 19.3. The van der Waals surface area contributed by atoms with Crippen LogP contribution in [-0.4, -0.2) is 77.9 Å². The van der Waals surface area contributed by atoms with E-state index in [1.165, 1.54) is 26.2 Å². The van der Waals surface area contributed by atoms with Crippen LogP contribution in [0.2, 0.25) is 0 Å². The van der Waals surface area contributed by atoms with Crippen LogP contribution in [0, 0.1) is 17.8 Å². The van der Waals surface area contributed by atoms with Crippen LogP contribution in [0.15, 0.2) is 0 Å². The number of aliphatic carboxylic acids is 3. The molecule has 1 saturated heterocycles. The Morgan fingerprint density at radius 3 is 1.66 bits per heavy atom. The highest BCUT2D eigenvalue weighted by atomic mass is 16.6. The van der Waals surface area contributed by atoms with E-state index >= 15 is 0 Å². The number of carboxylic acid groups (broad SMARTS) is 3. The first-order valence-electron chi connectivity index (χ1n) is 11.3. The fourth-order valence-corrected chi connectivity index (χ4v) is 6.11. The summed E-state index contributed by atoms with van der Waals surface area (Å²) in [5.74, 6) is -4.53. The molecule has 2 amide bonds. The number of carboxylic acids is 3. The number of aliphatic hydroxyl groups is 1. The molecular formula is C22H30N2O11. The van der Waals surface area contributed by atoms with Crippen molar-refractivity contribution >= 4 is 35.7 Å². The third-order valence-corrected chi connectivity index (χ3v) is 7.26. The summed E-state index contributed by atoms with van der Waals surface area (Å²) in [6.07, 6.45) is 4.01. The van der Waals surface area contributed by atoms with Crippen LogP contribution in [0.5, 0.6) is 0 Å². The van der Waals surface area contributed by atoms with Gasteiger partial charge in [0.2, 0.25) is 11.8 Å². The van der Waals surface area contributed by atoms with Gasteiger partial charge in [0.15, 0.2) is 11.3 Å². The third kappa shape index (κ3) is 5.45. The number of likely N-dealkylation sites (tertiary alicyclic amines) is 1. The summed E-state index contributed by atoms with van der Waals surface area (Å²) < 4.78 is 5.86. The second kappa shape index (κ2) is 9.19. The Morgan fingerprint density at radius 1 is 0.943 bits per heavy atom. The van der Waals surface area contributed by atoms with Gasteiger partial charge in [-0.2, -0.15) is 0 Å². The van der Waals surface area contributed by atoms with Crippen LogP contribution in [0.4, 0.5) is 0 Å². The summed E-state index contributed by atoms with van der Waals surface area (Å²) in [6.45, 7) is 1.39. The number of nitrogens with two attached hydrogens (primary N) is 1. The minimum Gasteiger partial charge on any atom is -0.481 e. The van der Waals surface area contributed by atoms with Crippen LogP contribution in [0.25, 0.3) is 0 Å². The van der Waals surface area contributed by atoms with Gasteiger partial charge in [0.05, 0.1) is 12.8 Å². The van der Waals surface area contributed by atoms with Crippen LogP contribution in [0.1, 0.15) is 64.7 Å². The van der Waals surface area contributed by atoms with Crippen LogP contribution < -0.4 is 5.73 Å². The first-order valence-corrected chi connectivity index (χ1v) is 11.3. The Bertz CT molecular complexity index is 892. The SMILES string of the molecule is C[C@](N)(C(=O)OC12CC3CC(CC(C3)C1)C2)N1C(=O)CC1=O.O=C(O)CC(O)(CC(=O)O)C(=O)O. The average molecular weight is 498 g/mol. The van der Waals surface area contributed by atoms with E-state index in [0.717, 1.165) is 24.2 Å². The maximum Gasteiger partial charge on any atom is 0.347 e. The molecule has 0 unspecified atom stereocenters. The molecule has 6 N–H and O–H groups in total. The molecule has 0 aromatic carbocycles. The monoisotopic (exact) mass is 498 g/mol. The summed E-state index contributed by atoms with van der Waals surface area (Å²) in [4.78, 5) is 67.1. The van der Waals surface area contributed by atoms with Gasteiger partial charge in [0, 0.05) is 0 Å². The van der Waals surface area contributed by atoms with E-state index in [1.54, 1.807) is 0 Å². The van der Waals surface area contributed by atoms with Crippen molar-refractivity contribution in [1.29, 1.82) is 0 Å². The van der Waals surface area contributed by atoms with Crippen molar-refractivity contribution in [3.8, 4) is 0 Å². The van der Waals surface area contributed by atoms with E-state index in [1.807, 2.05) is 0 Å². The van der Waals surface area contributed by atoms with Crippen molar-refractivity contribution in [1.82, 2.24) is 4.90 Å². The number of imide groups is 1. The number of β-lactam (4-membered cyclic amide) rings is 2. The molecule has 13 heteroatoms. The van der Waals surface area contributed by atoms with E-state index in [0.29, 0.717) is 17.8 Å². The normalized spacial score (nSPS) is 30.5. The zero-order valence-corrected chi connectivity index (χ0v) is 19.3. The van der Waals surface area contributed by atoms with Crippen LogP contribution >= 0.6 is 0 Å². The summed E-state index contributed by atoms with van der Waals surface area (Å²) >= 11 is 0. The van der Waals surface area contributed by atoms with Gasteiger partial charge in [-0.05, 0) is 63.2 Å². The number of carbonyl (C=O) groups is 6. The van der Waals surface area contributed by atoms with Crippen LogP contribution in [-0.2, 0) is 33.5 Å². The minimum absolute atomic E-state index is 0.169. The Kier molecular flexibility index (Phi) is 6.97. The molecule has 5 aliphatic rings. The third-order valence-electron chi connectivity index (χ3n) is 7.26. The highest BCUT2D eigenvalue weighted by Crippen LogP contribution is 2.57. The zero-order chi connectivity index (χ0) is 26.3. The van der Waals surface area contributed by atoms with E-state index in [2.05, 4.69) is 0 Å². The molecule has 0 radical (unpaired) electrons. The van der Waals surface area contributed by atoms with Gasteiger partial charge in [-0.1, -0.05) is 0 Å². The van der Waals surface area contributed by atoms with Gasteiger partial charge < -0.3 is 25.2 Å². The molecule has 1 heterocycles. The van der Waals surface area contributed by atoms with Crippen molar-refractivity contribution in [2.24, 2.45) is 23.5 Å². The van der Waals surface area contributed by atoms with E-state index < -0.39 is 65.4 Å². The molecule has 5 rings (SSSR count). The first kappa shape index (κ1) is 26.5. The van der Waals surface area contributed by atoms with Gasteiger partial charge in [-0.3, -0.25) is 29.8 Å². The molecule has 4 saturated carbocycles. The van der Waals surface area contributed by atoms with Crippen molar-refractivity contribution in [3.63, 3.8) is 0 Å². The largest absolute Gasteiger partial charge is 0.481 e. The molecule has 5 fully saturated rings. The summed E-state index contributed by atoms with van der Waals surface area (Å²) in [6, 6.07) is 0. The summed E-state index contributed by atoms with van der Waals surface area (Å²) in [7, 11) is 0. The standard InChI is InChI=1S/C16H22N2O4.C6H8O7/c1-15(17,18-12(19)5-13(18)20)14(21)22-16-6-9-2-10(7-16)4-11(3-9)8-16;7-3(8)1-6(13,5(11)12)2-4(9)10/h9-11H,2-8,17H2,1H3;13H,1-2H2,(H,7,8)(H,9,10)(H,11,12)/t9?,10?,11?,15-,16?;/m1./s1. The topological polar surface area (TPSA) is 222 Å². The average Bonchev–Trinajstić information content (AvgIpc) is 2.64. The molecule has 1 atom stereocenters. The lowest BCUT2D eigenvalue weighted by Gasteiger charge is -2.56. The maximum atomic E-state index is 12.6. The fourth-order valence-electron chi connectivity index (χ4n) is 6.11. The van der Waals surface area contributed by atoms with Crippen molar-refractivity contribution in [2.75, 3.05) is 0 Å². The number of nitrogens with zero attached hydrogens (tertiary/aromatic N) is 1. The highest BCUT2D eigenvalue weighted by Gasteiger charge is 2.56. The van der Waals surface area contributed by atoms with Gasteiger partial charge in [-0.25, -0.2) is 9.59 Å². The maximum absolute atomic E-state index is 12.6. The summed E-state index contributed by atoms with van der Waals surface area (Å²) in [5.41, 5.74) is 1.15. The number of ether oxygens (including phenoxy) is 1. The van der Waals surface area contributed by atoms with Crippen LogP contribution in [0.3, 0.4) is 0 Å². The number of esters is 1. The Morgan fingerprint density at radius 2 is 1.34 bits per heavy atom. The number of hydrogen-bond acceptors (Lipinski definition) is 9. The lowest BCUT2D eigenvalue weighted by molar-refractivity contribution is -0.203. The van der Waals surface area contributed by atoms with E-state index in [4.69, 9.17) is 30.9 Å². The Hall–Kier alpha value is -3.06. The lowest BCUT2D eigenvalue weighted by Crippen LogP contribution is -2.70. The lowest BCUT2D eigenvalue weighted by atomic mass is 9.54. The second-order valence-electron chi connectivity index (χ2n) is 10.4. The van der Waals surface area contributed by atoms with E-state index in [9.17, 15) is 28.8 Å². The Labute approximate surface area is 200 Å².